The number of rotatable bonds is 6. The molecule has 0 aliphatic rings. The highest BCUT2D eigenvalue weighted by atomic mass is 32.2. The van der Waals surface area contributed by atoms with Crippen molar-refractivity contribution < 1.29 is 22.5 Å². The van der Waals surface area contributed by atoms with E-state index in [-0.39, 0.29) is 16.3 Å². The van der Waals surface area contributed by atoms with Crippen LogP contribution in [0.3, 0.4) is 0 Å². The zero-order chi connectivity index (χ0) is 19.5. The molecule has 0 saturated heterocycles. The predicted molar refractivity (Wildman–Crippen MR) is 92.7 cm³/mol. The molecule has 2 aromatic rings. The maximum atomic E-state index is 12.9. The lowest BCUT2D eigenvalue weighted by molar-refractivity contribution is -0.385. The molecule has 0 saturated carbocycles. The molecule has 0 fully saturated rings. The summed E-state index contributed by atoms with van der Waals surface area (Å²) in [6.07, 6.45) is 0. The minimum Gasteiger partial charge on any atom is -0.325 e. The van der Waals surface area contributed by atoms with Crippen LogP contribution >= 0.6 is 0 Å². The number of anilines is 1. The molecule has 0 bridgehead atoms. The Morgan fingerprint density at radius 3 is 2.42 bits per heavy atom. The third-order valence-electron chi connectivity index (χ3n) is 3.58. The first-order valence-corrected chi connectivity index (χ1v) is 8.82. The van der Waals surface area contributed by atoms with E-state index < -0.39 is 33.2 Å². The van der Waals surface area contributed by atoms with Crippen LogP contribution in [0.2, 0.25) is 0 Å². The Bertz CT molecular complexity index is 945. The van der Waals surface area contributed by atoms with E-state index in [9.17, 15) is 27.7 Å². The van der Waals surface area contributed by atoms with Gasteiger partial charge in [-0.05, 0) is 37.3 Å². The van der Waals surface area contributed by atoms with Crippen LogP contribution < -0.4 is 5.32 Å². The second-order valence-electron chi connectivity index (χ2n) is 5.52. The van der Waals surface area contributed by atoms with Crippen LogP contribution in [0.25, 0.3) is 0 Å². The average Bonchev–Trinajstić information content (AvgIpc) is 2.56. The molecule has 0 spiro atoms. The number of carbonyl (C=O) groups excluding carboxylic acids is 1. The lowest BCUT2D eigenvalue weighted by atomic mass is 10.2. The van der Waals surface area contributed by atoms with Crippen molar-refractivity contribution in [2.24, 2.45) is 0 Å². The minimum absolute atomic E-state index is 0.153. The highest BCUT2D eigenvalue weighted by molar-refractivity contribution is 7.89. The van der Waals surface area contributed by atoms with Crippen molar-refractivity contribution in [2.75, 3.05) is 18.9 Å². The largest absolute Gasteiger partial charge is 0.325 e. The molecule has 26 heavy (non-hydrogen) atoms. The summed E-state index contributed by atoms with van der Waals surface area (Å²) in [7, 11) is -2.77. The van der Waals surface area contributed by atoms with Gasteiger partial charge in [0.15, 0.2) is 0 Å². The standard InChI is InChI=1S/C16H16FN3O5S/c1-11-3-6-13(9-15(11)20(22)23)18-16(21)10-19(2)26(24,25)14-7-4-12(17)5-8-14/h3-9H,10H2,1-2H3,(H,18,21). The summed E-state index contributed by atoms with van der Waals surface area (Å²) < 4.78 is 38.4. The monoisotopic (exact) mass is 381 g/mol. The number of nitrogens with one attached hydrogen (secondary N) is 1. The second kappa shape index (κ2) is 7.58. The van der Waals surface area contributed by atoms with Crippen molar-refractivity contribution in [3.05, 3.63) is 64.0 Å². The Labute approximate surface area is 149 Å². The number of aryl methyl sites for hydroxylation is 1. The Morgan fingerprint density at radius 1 is 1.23 bits per heavy atom. The molecule has 0 aliphatic heterocycles. The molecule has 1 amide bonds. The lowest BCUT2D eigenvalue weighted by Gasteiger charge is -2.17. The van der Waals surface area contributed by atoms with E-state index in [1.807, 2.05) is 0 Å². The van der Waals surface area contributed by atoms with Gasteiger partial charge in [-0.25, -0.2) is 12.8 Å². The van der Waals surface area contributed by atoms with Gasteiger partial charge in [0.05, 0.1) is 16.4 Å². The summed E-state index contributed by atoms with van der Waals surface area (Å²) >= 11 is 0. The number of carbonyl (C=O) groups is 1. The Morgan fingerprint density at radius 2 is 1.85 bits per heavy atom. The molecular weight excluding hydrogens is 365 g/mol. The minimum atomic E-state index is -3.97. The summed E-state index contributed by atoms with van der Waals surface area (Å²) in [5.41, 5.74) is 0.457. The smallest absolute Gasteiger partial charge is 0.274 e. The number of nitro groups is 1. The van der Waals surface area contributed by atoms with Gasteiger partial charge in [0.25, 0.3) is 5.69 Å². The number of amides is 1. The van der Waals surface area contributed by atoms with Gasteiger partial charge in [-0.15, -0.1) is 0 Å². The first kappa shape index (κ1) is 19.5. The van der Waals surface area contributed by atoms with E-state index in [0.717, 1.165) is 28.6 Å². The van der Waals surface area contributed by atoms with Gasteiger partial charge in [0.2, 0.25) is 15.9 Å². The van der Waals surface area contributed by atoms with Crippen LogP contribution in [-0.2, 0) is 14.8 Å². The molecule has 10 heteroatoms. The molecule has 0 radical (unpaired) electrons. The molecule has 8 nitrogen and oxygen atoms in total. The third kappa shape index (κ3) is 4.41. The fourth-order valence-corrected chi connectivity index (χ4v) is 3.29. The predicted octanol–water partition coefficient (Wildman–Crippen LogP) is 2.30. The SMILES string of the molecule is Cc1ccc(NC(=O)CN(C)S(=O)(=O)c2ccc(F)cc2)cc1[N+](=O)[O-]. The van der Waals surface area contributed by atoms with Crippen LogP contribution in [0.1, 0.15) is 5.56 Å². The first-order valence-electron chi connectivity index (χ1n) is 7.38. The molecule has 0 aromatic heterocycles. The maximum absolute atomic E-state index is 12.9. The van der Waals surface area contributed by atoms with Crippen LogP contribution in [-0.4, -0.2) is 37.1 Å². The van der Waals surface area contributed by atoms with E-state index in [2.05, 4.69) is 5.32 Å². The van der Waals surface area contributed by atoms with Crippen molar-refractivity contribution in [2.45, 2.75) is 11.8 Å². The number of hydrogen-bond acceptors (Lipinski definition) is 5. The Kier molecular flexibility index (Phi) is 5.68. The van der Waals surface area contributed by atoms with E-state index in [4.69, 9.17) is 0 Å². The van der Waals surface area contributed by atoms with Gasteiger partial charge >= 0.3 is 0 Å². The summed E-state index contributed by atoms with van der Waals surface area (Å²) in [4.78, 5) is 22.3. The number of halogens is 1. The molecule has 2 aromatic carbocycles. The fraction of sp³-hybridized carbons (Fsp3) is 0.188. The number of nitrogens with zero attached hydrogens (tertiary/aromatic N) is 2. The topological polar surface area (TPSA) is 110 Å². The van der Waals surface area contributed by atoms with Gasteiger partial charge in [-0.2, -0.15) is 4.31 Å². The van der Waals surface area contributed by atoms with Gasteiger partial charge in [-0.1, -0.05) is 6.07 Å². The molecule has 0 unspecified atom stereocenters. The summed E-state index contributed by atoms with van der Waals surface area (Å²) in [5, 5.41) is 13.3. The average molecular weight is 381 g/mol. The first-order chi connectivity index (χ1) is 12.1. The zero-order valence-corrected chi connectivity index (χ0v) is 14.8. The van der Waals surface area contributed by atoms with Gasteiger partial charge in [0.1, 0.15) is 5.82 Å². The lowest BCUT2D eigenvalue weighted by Crippen LogP contribution is -2.35. The van der Waals surface area contributed by atoms with Crippen LogP contribution in [0, 0.1) is 22.9 Å². The van der Waals surface area contributed by atoms with Gasteiger partial charge < -0.3 is 5.32 Å². The summed E-state index contributed by atoms with van der Waals surface area (Å²) in [6, 6.07) is 8.37. The van der Waals surface area contributed by atoms with Crippen LogP contribution in [0.4, 0.5) is 15.8 Å². The van der Waals surface area contributed by atoms with Crippen molar-refractivity contribution in [3.63, 3.8) is 0 Å². The van der Waals surface area contributed by atoms with Gasteiger partial charge in [-0.3, -0.25) is 14.9 Å². The second-order valence-corrected chi connectivity index (χ2v) is 7.57. The molecule has 138 valence electrons. The number of nitro benzene ring substituents is 1. The zero-order valence-electron chi connectivity index (χ0n) is 14.0. The van der Waals surface area contributed by atoms with Crippen molar-refractivity contribution >= 4 is 27.3 Å². The highest BCUT2D eigenvalue weighted by Crippen LogP contribution is 2.22. The fourth-order valence-electron chi connectivity index (χ4n) is 2.16. The molecule has 2 rings (SSSR count). The summed E-state index contributed by atoms with van der Waals surface area (Å²) in [6.45, 7) is 1.05. The van der Waals surface area contributed by atoms with Crippen LogP contribution in [0.5, 0.6) is 0 Å². The number of benzene rings is 2. The molecule has 0 aliphatic carbocycles. The van der Waals surface area contributed by atoms with E-state index >= 15 is 0 Å². The molecule has 0 heterocycles. The molecule has 1 N–H and O–H groups in total. The van der Waals surface area contributed by atoms with E-state index in [1.54, 1.807) is 6.92 Å². The van der Waals surface area contributed by atoms with Crippen molar-refractivity contribution in [1.82, 2.24) is 4.31 Å². The molecular formula is C16H16FN3O5S. The number of likely N-dealkylation sites (N-methyl/N-ethyl adjacent to an activating group) is 1. The Balaban J connectivity index is 2.11. The van der Waals surface area contributed by atoms with Gasteiger partial charge in [0, 0.05) is 24.4 Å². The van der Waals surface area contributed by atoms with Crippen LogP contribution in [0.15, 0.2) is 47.4 Å². The molecule has 0 atom stereocenters. The quantitative estimate of drug-likeness (QED) is 0.610. The maximum Gasteiger partial charge on any atom is 0.274 e. The number of sulfonamides is 1. The van der Waals surface area contributed by atoms with E-state index in [0.29, 0.717) is 5.56 Å². The van der Waals surface area contributed by atoms with E-state index in [1.165, 1.54) is 25.2 Å². The highest BCUT2D eigenvalue weighted by Gasteiger charge is 2.23. The normalized spacial score (nSPS) is 11.4. The summed E-state index contributed by atoms with van der Waals surface area (Å²) in [5.74, 6) is -1.25. The van der Waals surface area contributed by atoms with Crippen molar-refractivity contribution in [1.29, 1.82) is 0 Å². The Hall–Kier alpha value is -2.85. The third-order valence-corrected chi connectivity index (χ3v) is 5.40. The van der Waals surface area contributed by atoms with Crippen molar-refractivity contribution in [3.8, 4) is 0 Å². The number of hydrogen-bond donors (Lipinski definition) is 1.